The monoisotopic (exact) mass is 452 g/mol. The SMILES string of the molecule is CCOC(=O)C1=C(C)N=c2sc(=Cc3ccsc3)c(=O)n2[C@H]1c1ccc(C(C)C)cc1. The minimum atomic E-state index is -0.568. The standard InChI is InChI=1S/C24H24N2O3S2/c1-5-29-23(28)20-15(4)25-24-26(21(20)18-8-6-17(7-9-18)14(2)3)22(27)19(31-24)12-16-10-11-30-13-16/h6-14,21H,5H2,1-4H3/t21-/m0/s1. The second-order valence-corrected chi connectivity index (χ2v) is 9.47. The first-order valence-corrected chi connectivity index (χ1v) is 12.0. The third-order valence-corrected chi connectivity index (χ3v) is 6.96. The van der Waals surface area contributed by atoms with E-state index in [0.717, 1.165) is 11.1 Å². The third-order valence-electron chi connectivity index (χ3n) is 5.28. The van der Waals surface area contributed by atoms with Crippen LogP contribution in [0.4, 0.5) is 0 Å². The van der Waals surface area contributed by atoms with Crippen LogP contribution in [-0.4, -0.2) is 17.1 Å². The van der Waals surface area contributed by atoms with Gasteiger partial charge in [-0.25, -0.2) is 9.79 Å². The molecule has 160 valence electrons. The summed E-state index contributed by atoms with van der Waals surface area (Å²) in [5, 5.41) is 3.97. The quantitative estimate of drug-likeness (QED) is 0.550. The highest BCUT2D eigenvalue weighted by Crippen LogP contribution is 2.31. The maximum Gasteiger partial charge on any atom is 0.338 e. The van der Waals surface area contributed by atoms with Crippen LogP contribution in [-0.2, 0) is 9.53 Å². The molecule has 0 amide bonds. The van der Waals surface area contributed by atoms with Gasteiger partial charge in [-0.15, -0.1) is 0 Å². The van der Waals surface area contributed by atoms with Gasteiger partial charge in [0.25, 0.3) is 5.56 Å². The topological polar surface area (TPSA) is 60.7 Å². The molecule has 0 saturated carbocycles. The van der Waals surface area contributed by atoms with E-state index in [4.69, 9.17) is 4.74 Å². The number of carbonyl (C=O) groups is 1. The van der Waals surface area contributed by atoms with Crippen LogP contribution >= 0.6 is 22.7 Å². The van der Waals surface area contributed by atoms with Crippen molar-refractivity contribution >= 4 is 34.7 Å². The molecule has 0 saturated heterocycles. The van der Waals surface area contributed by atoms with Crippen LogP contribution < -0.4 is 14.9 Å². The second kappa shape index (κ2) is 8.77. The molecular formula is C24H24N2O3S2. The van der Waals surface area contributed by atoms with E-state index < -0.39 is 12.0 Å². The molecule has 1 aliphatic heterocycles. The Labute approximate surface area is 188 Å². The molecule has 0 aliphatic carbocycles. The highest BCUT2D eigenvalue weighted by Gasteiger charge is 2.33. The molecule has 31 heavy (non-hydrogen) atoms. The number of ether oxygens (including phenoxy) is 1. The average Bonchev–Trinajstić information content (AvgIpc) is 3.35. The lowest BCUT2D eigenvalue weighted by molar-refractivity contribution is -0.139. The van der Waals surface area contributed by atoms with Gasteiger partial charge in [0, 0.05) is 0 Å². The van der Waals surface area contributed by atoms with Crippen molar-refractivity contribution in [1.29, 1.82) is 0 Å². The number of hydrogen-bond donors (Lipinski definition) is 0. The molecule has 0 bridgehead atoms. The third kappa shape index (κ3) is 4.07. The number of benzene rings is 1. The maximum absolute atomic E-state index is 13.4. The Hall–Kier alpha value is -2.77. The van der Waals surface area contributed by atoms with E-state index in [-0.39, 0.29) is 12.2 Å². The van der Waals surface area contributed by atoms with Crippen molar-refractivity contribution in [3.63, 3.8) is 0 Å². The summed E-state index contributed by atoms with van der Waals surface area (Å²) in [5.74, 6) is -0.0442. The maximum atomic E-state index is 13.4. The Morgan fingerprint density at radius 3 is 2.61 bits per heavy atom. The zero-order valence-corrected chi connectivity index (χ0v) is 19.5. The van der Waals surface area contributed by atoms with Gasteiger partial charge in [0.1, 0.15) is 0 Å². The average molecular weight is 453 g/mol. The highest BCUT2D eigenvalue weighted by molar-refractivity contribution is 7.08. The normalized spacial score (nSPS) is 16.4. The van der Waals surface area contributed by atoms with E-state index in [1.165, 1.54) is 16.9 Å². The van der Waals surface area contributed by atoms with Crippen molar-refractivity contribution in [2.75, 3.05) is 6.61 Å². The summed E-state index contributed by atoms with van der Waals surface area (Å²) >= 11 is 2.93. The highest BCUT2D eigenvalue weighted by atomic mass is 32.1. The van der Waals surface area contributed by atoms with E-state index in [1.54, 1.807) is 29.8 Å². The molecule has 0 radical (unpaired) electrons. The lowest BCUT2D eigenvalue weighted by Crippen LogP contribution is -2.39. The smallest absolute Gasteiger partial charge is 0.338 e. The van der Waals surface area contributed by atoms with Gasteiger partial charge in [-0.3, -0.25) is 9.36 Å². The van der Waals surface area contributed by atoms with Gasteiger partial charge in [-0.2, -0.15) is 11.3 Å². The molecule has 0 N–H and O–H groups in total. The first-order chi connectivity index (χ1) is 14.9. The Morgan fingerprint density at radius 2 is 2.00 bits per heavy atom. The molecule has 1 aliphatic rings. The molecule has 0 unspecified atom stereocenters. The van der Waals surface area contributed by atoms with Crippen LogP contribution in [0, 0.1) is 0 Å². The fraction of sp³-hybridized carbons (Fsp3) is 0.292. The van der Waals surface area contributed by atoms with E-state index in [0.29, 0.717) is 26.5 Å². The van der Waals surface area contributed by atoms with Crippen LogP contribution in [0.1, 0.15) is 56.3 Å². The van der Waals surface area contributed by atoms with Gasteiger partial charge in [-0.1, -0.05) is 49.4 Å². The van der Waals surface area contributed by atoms with Crippen LogP contribution in [0.25, 0.3) is 6.08 Å². The number of aromatic nitrogens is 1. The molecule has 7 heteroatoms. The molecule has 0 spiro atoms. The van der Waals surface area contributed by atoms with Gasteiger partial charge < -0.3 is 4.74 Å². The summed E-state index contributed by atoms with van der Waals surface area (Å²) in [6.45, 7) is 8.11. The van der Waals surface area contributed by atoms with Crippen molar-refractivity contribution in [1.82, 2.24) is 4.57 Å². The Bertz CT molecular complexity index is 1310. The number of thiophene rings is 1. The first-order valence-electron chi connectivity index (χ1n) is 10.2. The Balaban J connectivity index is 1.94. The summed E-state index contributed by atoms with van der Waals surface area (Å²) in [5.41, 5.74) is 3.89. The van der Waals surface area contributed by atoms with Crippen molar-refractivity contribution in [3.8, 4) is 0 Å². The molecule has 2 aromatic heterocycles. The largest absolute Gasteiger partial charge is 0.463 e. The number of rotatable bonds is 5. The summed E-state index contributed by atoms with van der Waals surface area (Å²) < 4.78 is 7.56. The molecule has 3 heterocycles. The van der Waals surface area contributed by atoms with Crippen LogP contribution in [0.5, 0.6) is 0 Å². The van der Waals surface area contributed by atoms with Crippen molar-refractivity contribution in [2.24, 2.45) is 4.99 Å². The number of nitrogens with zero attached hydrogens (tertiary/aromatic N) is 2. The van der Waals surface area contributed by atoms with E-state index in [9.17, 15) is 9.59 Å². The molecule has 5 nitrogen and oxygen atoms in total. The Morgan fingerprint density at radius 1 is 1.26 bits per heavy atom. The number of fused-ring (bicyclic) bond motifs is 1. The van der Waals surface area contributed by atoms with Gasteiger partial charge in [0.2, 0.25) is 0 Å². The zero-order chi connectivity index (χ0) is 22.1. The second-order valence-electron chi connectivity index (χ2n) is 7.68. The van der Waals surface area contributed by atoms with Gasteiger partial charge in [-0.05, 0) is 59.4 Å². The first kappa shape index (κ1) is 21.5. The van der Waals surface area contributed by atoms with Gasteiger partial charge in [0.05, 0.1) is 28.5 Å². The summed E-state index contributed by atoms with van der Waals surface area (Å²) in [7, 11) is 0. The van der Waals surface area contributed by atoms with Crippen molar-refractivity contribution in [2.45, 2.75) is 39.7 Å². The zero-order valence-electron chi connectivity index (χ0n) is 17.9. The van der Waals surface area contributed by atoms with Crippen molar-refractivity contribution in [3.05, 3.63) is 88.7 Å². The van der Waals surface area contributed by atoms with E-state index in [1.807, 2.05) is 35.0 Å². The number of thiazole rings is 1. The predicted octanol–water partition coefficient (Wildman–Crippen LogP) is 3.98. The number of allylic oxidation sites excluding steroid dienone is 1. The molecule has 4 rings (SSSR count). The van der Waals surface area contributed by atoms with E-state index in [2.05, 4.69) is 31.0 Å². The number of esters is 1. The molecule has 3 aromatic rings. The summed E-state index contributed by atoms with van der Waals surface area (Å²) in [6, 6.07) is 9.50. The number of hydrogen-bond acceptors (Lipinski definition) is 6. The minimum absolute atomic E-state index is 0.151. The van der Waals surface area contributed by atoms with Gasteiger partial charge in [0.15, 0.2) is 4.80 Å². The summed E-state index contributed by atoms with van der Waals surface area (Å²) in [6.07, 6.45) is 1.88. The summed E-state index contributed by atoms with van der Waals surface area (Å²) in [4.78, 5) is 31.5. The minimum Gasteiger partial charge on any atom is -0.463 e. The lowest BCUT2D eigenvalue weighted by atomic mass is 9.93. The van der Waals surface area contributed by atoms with Crippen LogP contribution in [0.15, 0.2) is 62.1 Å². The fourth-order valence-electron chi connectivity index (χ4n) is 3.68. The van der Waals surface area contributed by atoms with Gasteiger partial charge >= 0.3 is 5.97 Å². The molecule has 1 aromatic carbocycles. The number of carbonyl (C=O) groups excluding carboxylic acids is 1. The fourth-order valence-corrected chi connectivity index (χ4v) is 5.34. The predicted molar refractivity (Wildman–Crippen MR) is 125 cm³/mol. The molecule has 1 atom stereocenters. The van der Waals surface area contributed by atoms with Crippen LogP contribution in [0.3, 0.4) is 0 Å². The van der Waals surface area contributed by atoms with Crippen molar-refractivity contribution < 1.29 is 9.53 Å². The molecular weight excluding hydrogens is 428 g/mol. The van der Waals surface area contributed by atoms with E-state index >= 15 is 0 Å². The van der Waals surface area contributed by atoms with Crippen LogP contribution in [0.2, 0.25) is 0 Å². The Kier molecular flexibility index (Phi) is 6.07. The molecule has 0 fully saturated rings. The lowest BCUT2D eigenvalue weighted by Gasteiger charge is -2.25.